The maximum Gasteiger partial charge on any atom is 0.740 e. The first-order chi connectivity index (χ1) is 8.10. The molecular formula is C9H19AlN4O3. The number of hydrogen-bond donors (Lipinski definition) is 3. The molecule has 0 saturated carbocycles. The highest BCUT2D eigenvalue weighted by molar-refractivity contribution is 6.57. The Labute approximate surface area is 106 Å². The van der Waals surface area contributed by atoms with E-state index in [4.69, 9.17) is 0 Å². The molecule has 0 aromatic rings. The van der Waals surface area contributed by atoms with E-state index in [1.165, 1.54) is 0 Å². The molecule has 0 aromatic carbocycles. The van der Waals surface area contributed by atoms with Gasteiger partial charge in [0.15, 0.2) is 18.7 Å². The topological polar surface area (TPSA) is 90.5 Å². The Kier molecular flexibility index (Phi) is 9.43. The maximum atomic E-state index is 11.4. The van der Waals surface area contributed by atoms with Crippen molar-refractivity contribution in [1.82, 2.24) is 17.8 Å². The highest BCUT2D eigenvalue weighted by Gasteiger charge is 2.24. The van der Waals surface area contributed by atoms with Crippen molar-refractivity contribution >= 4 is 33.5 Å². The summed E-state index contributed by atoms with van der Waals surface area (Å²) in [5.74, 6) is -0.149. The van der Waals surface area contributed by atoms with Crippen molar-refractivity contribution in [3.63, 3.8) is 0 Å². The summed E-state index contributed by atoms with van der Waals surface area (Å²) in [4.78, 5) is 33.9. The summed E-state index contributed by atoms with van der Waals surface area (Å²) in [7, 11) is 3.95. The van der Waals surface area contributed by atoms with Crippen molar-refractivity contribution in [2.75, 3.05) is 20.6 Å². The van der Waals surface area contributed by atoms with Crippen LogP contribution >= 0.6 is 0 Å². The summed E-state index contributed by atoms with van der Waals surface area (Å²) in [5, 5.41) is 0. The number of nitrogens with one attached hydrogen (secondary N) is 3. The maximum absolute atomic E-state index is 11.4. The van der Waals surface area contributed by atoms with E-state index in [1.54, 1.807) is 0 Å². The summed E-state index contributed by atoms with van der Waals surface area (Å²) in [6.45, 7) is 0.938. The molecule has 3 amide bonds. The first-order valence-electron chi connectivity index (χ1n) is 5.43. The number of carbonyl (C=O) groups excluding carboxylic acids is 3. The van der Waals surface area contributed by atoms with Crippen molar-refractivity contribution in [2.24, 2.45) is 0 Å². The zero-order valence-corrected chi connectivity index (χ0v) is 11.4. The van der Waals surface area contributed by atoms with Gasteiger partial charge >= 0.3 is 14.8 Å². The van der Waals surface area contributed by atoms with E-state index in [1.807, 2.05) is 14.1 Å². The van der Waals surface area contributed by atoms with E-state index < -0.39 is 14.8 Å². The van der Waals surface area contributed by atoms with Crippen LogP contribution in [0.25, 0.3) is 0 Å². The lowest BCUT2D eigenvalue weighted by molar-refractivity contribution is -0.119. The number of rotatable bonds is 10. The monoisotopic (exact) mass is 258 g/mol. The molecule has 96 valence electrons. The van der Waals surface area contributed by atoms with Gasteiger partial charge in [0.1, 0.15) is 0 Å². The van der Waals surface area contributed by atoms with Gasteiger partial charge in [0.05, 0.1) is 0 Å². The average Bonchev–Trinajstić information content (AvgIpc) is 2.25. The fraction of sp³-hybridized carbons (Fsp3) is 0.667. The molecule has 17 heavy (non-hydrogen) atoms. The molecule has 0 saturated heterocycles. The molecular weight excluding hydrogens is 239 g/mol. The number of carbonyl (C=O) groups is 3. The molecule has 0 rings (SSSR count). The standard InChI is InChI=1S/C7H16N2O.2CH3NO.Al/c1-9(2)6-4-3-5-7(8)10;2*2-1-3;/h3-6H2,1-2H3,(H2,8,10);2*1H,(H2,2,3);/q;;;+3/p-3. The van der Waals surface area contributed by atoms with Crippen molar-refractivity contribution in [2.45, 2.75) is 19.3 Å². The molecule has 8 heteroatoms. The third kappa shape index (κ3) is 9.81. The van der Waals surface area contributed by atoms with Gasteiger partial charge in [-0.3, -0.25) is 14.4 Å². The van der Waals surface area contributed by atoms with Gasteiger partial charge in [-0.2, -0.15) is 0 Å². The summed E-state index contributed by atoms with van der Waals surface area (Å²) in [5.41, 5.74) is 0. The minimum Gasteiger partial charge on any atom is -0.412 e. The molecule has 0 unspecified atom stereocenters. The van der Waals surface area contributed by atoms with Gasteiger partial charge in [-0.1, -0.05) is 0 Å². The second kappa shape index (κ2) is 10.1. The van der Waals surface area contributed by atoms with E-state index in [-0.39, 0.29) is 5.91 Å². The molecule has 3 N–H and O–H groups in total. The molecule has 0 atom stereocenters. The average molecular weight is 258 g/mol. The second-order valence-corrected chi connectivity index (χ2v) is 5.65. The van der Waals surface area contributed by atoms with E-state index in [0.717, 1.165) is 19.4 Å². The Morgan fingerprint density at radius 2 is 1.76 bits per heavy atom. The highest BCUT2D eigenvalue weighted by Crippen LogP contribution is 1.95. The van der Waals surface area contributed by atoms with Crippen molar-refractivity contribution in [3.8, 4) is 0 Å². The van der Waals surface area contributed by atoms with E-state index >= 15 is 0 Å². The zero-order chi connectivity index (χ0) is 13.1. The van der Waals surface area contributed by atoms with Crippen LogP contribution in [0.2, 0.25) is 0 Å². The van der Waals surface area contributed by atoms with Gasteiger partial charge in [0, 0.05) is 6.42 Å². The summed E-state index contributed by atoms with van der Waals surface area (Å²) in [6, 6.07) is 0. The quantitative estimate of drug-likeness (QED) is 0.248. The molecule has 0 spiro atoms. The van der Waals surface area contributed by atoms with Crippen molar-refractivity contribution in [3.05, 3.63) is 0 Å². The van der Waals surface area contributed by atoms with Crippen LogP contribution in [-0.2, 0) is 14.4 Å². The normalized spacial score (nSPS) is 9.59. The zero-order valence-electron chi connectivity index (χ0n) is 10.2. The predicted octanol–water partition coefficient (Wildman–Crippen LogP) is -1.69. The molecule has 0 bridgehead atoms. The highest BCUT2D eigenvalue weighted by atomic mass is 27.2. The van der Waals surface area contributed by atoms with E-state index in [2.05, 4.69) is 17.8 Å². The molecule has 0 aliphatic carbocycles. The fourth-order valence-corrected chi connectivity index (χ4v) is 2.22. The third-order valence-corrected chi connectivity index (χ3v) is 3.58. The molecule has 0 heterocycles. The molecule has 0 aliphatic heterocycles. The van der Waals surface area contributed by atoms with Crippen LogP contribution < -0.4 is 12.9 Å². The van der Waals surface area contributed by atoms with E-state index in [9.17, 15) is 14.4 Å². The Balaban J connectivity index is 3.73. The van der Waals surface area contributed by atoms with Crippen LogP contribution in [-0.4, -0.2) is 59.1 Å². The lowest BCUT2D eigenvalue weighted by Crippen LogP contribution is -2.59. The van der Waals surface area contributed by atoms with E-state index in [0.29, 0.717) is 19.2 Å². The smallest absolute Gasteiger partial charge is 0.412 e. The van der Waals surface area contributed by atoms with Crippen LogP contribution in [0.1, 0.15) is 19.3 Å². The Bertz CT molecular complexity index is 240. The van der Waals surface area contributed by atoms with Gasteiger partial charge < -0.3 is 17.8 Å². The summed E-state index contributed by atoms with van der Waals surface area (Å²) < 4.78 is 7.41. The fourth-order valence-electron chi connectivity index (χ4n) is 1.21. The molecule has 0 fully saturated rings. The Hall–Kier alpha value is -1.10. The van der Waals surface area contributed by atoms with Gasteiger partial charge in [-0.15, -0.1) is 0 Å². The number of hydrogen-bond acceptors (Lipinski definition) is 4. The molecule has 0 aliphatic rings. The summed E-state index contributed by atoms with van der Waals surface area (Å²) >= 11 is -2.21. The Morgan fingerprint density at radius 1 is 1.18 bits per heavy atom. The minimum atomic E-state index is -2.21. The van der Waals surface area contributed by atoms with Crippen molar-refractivity contribution < 1.29 is 14.4 Å². The van der Waals surface area contributed by atoms with Gasteiger partial charge in [-0.25, -0.2) is 0 Å². The SMILES string of the molecule is CN(C)CCCCC(=O)[NH][Al]([NH]C=O)[NH]C=O. The van der Waals surface area contributed by atoms with Crippen LogP contribution in [0.3, 0.4) is 0 Å². The van der Waals surface area contributed by atoms with Crippen LogP contribution in [0.15, 0.2) is 0 Å². The van der Waals surface area contributed by atoms with Gasteiger partial charge in [-0.05, 0) is 33.5 Å². The van der Waals surface area contributed by atoms with Gasteiger partial charge in [0.2, 0.25) is 0 Å². The predicted molar refractivity (Wildman–Crippen MR) is 64.7 cm³/mol. The third-order valence-electron chi connectivity index (χ3n) is 2.03. The number of unbranched alkanes of at least 4 members (excludes halogenated alkanes) is 1. The largest absolute Gasteiger partial charge is 0.740 e. The van der Waals surface area contributed by atoms with Gasteiger partial charge in [0.25, 0.3) is 0 Å². The number of nitrogens with zero attached hydrogens (tertiary/aromatic N) is 1. The van der Waals surface area contributed by atoms with Crippen LogP contribution in [0.4, 0.5) is 0 Å². The second-order valence-electron chi connectivity index (χ2n) is 3.83. The first-order valence-corrected chi connectivity index (χ1v) is 7.17. The van der Waals surface area contributed by atoms with Crippen molar-refractivity contribution in [1.29, 1.82) is 0 Å². The summed E-state index contributed by atoms with van der Waals surface area (Å²) in [6.07, 6.45) is 3.07. The Morgan fingerprint density at radius 3 is 2.24 bits per heavy atom. The molecule has 0 radical (unpaired) electrons. The lowest BCUT2D eigenvalue weighted by atomic mass is 10.2. The minimum absolute atomic E-state index is 0.149. The molecule has 0 aromatic heterocycles. The van der Waals surface area contributed by atoms with Crippen LogP contribution in [0.5, 0.6) is 0 Å². The first kappa shape index (κ1) is 15.9. The van der Waals surface area contributed by atoms with Crippen LogP contribution in [0, 0.1) is 0 Å². The molecule has 7 nitrogen and oxygen atoms in total. The lowest BCUT2D eigenvalue weighted by Gasteiger charge is -2.11. The number of amides is 3.